The molecule has 30 heavy (non-hydrogen) atoms. The molecule has 0 unspecified atom stereocenters. The van der Waals surface area contributed by atoms with Crippen molar-refractivity contribution in [3.63, 3.8) is 0 Å². The minimum absolute atomic E-state index is 0.295. The fraction of sp³-hybridized carbons (Fsp3) is 0.238. The van der Waals surface area contributed by atoms with Gasteiger partial charge in [-0.25, -0.2) is 9.78 Å². The summed E-state index contributed by atoms with van der Waals surface area (Å²) >= 11 is 0.628. The van der Waals surface area contributed by atoms with E-state index in [1.807, 2.05) is 31.2 Å². The van der Waals surface area contributed by atoms with E-state index >= 15 is 0 Å². The van der Waals surface area contributed by atoms with Gasteiger partial charge in [-0.3, -0.25) is 0 Å². The summed E-state index contributed by atoms with van der Waals surface area (Å²) < 4.78 is 42.9. The number of hydrogen-bond acceptors (Lipinski definition) is 4. The Bertz CT molecular complexity index is 988. The van der Waals surface area contributed by atoms with Gasteiger partial charge in [-0.2, -0.15) is 13.2 Å². The van der Waals surface area contributed by atoms with Crippen LogP contribution in [-0.2, 0) is 6.42 Å². The van der Waals surface area contributed by atoms with Gasteiger partial charge in [0.25, 0.3) is 0 Å². The van der Waals surface area contributed by atoms with Gasteiger partial charge in [0.05, 0.1) is 17.1 Å². The quantitative estimate of drug-likeness (QED) is 0.470. The third-order valence-corrected chi connectivity index (χ3v) is 5.18. The SMILES string of the molecule is Cc1ccc(-c2nc(CCNC(=O)Nc3ccccc3SCC(F)(F)F)co2)cc1. The number of thioether (sulfide) groups is 1. The monoisotopic (exact) mass is 435 g/mol. The average Bonchev–Trinajstić information content (AvgIpc) is 3.16. The number of para-hydroxylation sites is 1. The highest BCUT2D eigenvalue weighted by Gasteiger charge is 2.27. The molecule has 2 aromatic carbocycles. The number of rotatable bonds is 7. The molecule has 3 aromatic rings. The largest absolute Gasteiger partial charge is 0.444 e. The van der Waals surface area contributed by atoms with E-state index < -0.39 is 18.0 Å². The summed E-state index contributed by atoms with van der Waals surface area (Å²) in [4.78, 5) is 16.9. The van der Waals surface area contributed by atoms with Crippen molar-refractivity contribution in [3.05, 3.63) is 66.1 Å². The summed E-state index contributed by atoms with van der Waals surface area (Å²) in [5.74, 6) is -0.520. The van der Waals surface area contributed by atoms with Gasteiger partial charge >= 0.3 is 12.2 Å². The number of carbonyl (C=O) groups excluding carboxylic acids is 1. The summed E-state index contributed by atoms with van der Waals surface area (Å²) in [5, 5.41) is 5.26. The van der Waals surface area contributed by atoms with Crippen LogP contribution in [0.5, 0.6) is 0 Å². The number of carbonyl (C=O) groups is 1. The van der Waals surface area contributed by atoms with Gasteiger partial charge in [-0.15, -0.1) is 11.8 Å². The molecule has 0 fully saturated rings. The Morgan fingerprint density at radius 3 is 2.60 bits per heavy atom. The van der Waals surface area contributed by atoms with Crippen molar-refractivity contribution in [3.8, 4) is 11.5 Å². The molecule has 0 atom stereocenters. The molecule has 158 valence electrons. The second kappa shape index (κ2) is 9.71. The molecule has 0 aliphatic carbocycles. The third kappa shape index (κ3) is 6.55. The van der Waals surface area contributed by atoms with Crippen LogP contribution in [0, 0.1) is 6.92 Å². The van der Waals surface area contributed by atoms with Gasteiger partial charge in [-0.05, 0) is 31.2 Å². The van der Waals surface area contributed by atoms with E-state index in [1.54, 1.807) is 18.2 Å². The van der Waals surface area contributed by atoms with E-state index in [9.17, 15) is 18.0 Å². The summed E-state index contributed by atoms with van der Waals surface area (Å²) in [7, 11) is 0. The Morgan fingerprint density at radius 2 is 1.87 bits per heavy atom. The molecule has 0 saturated heterocycles. The second-order valence-corrected chi connectivity index (χ2v) is 7.56. The Balaban J connectivity index is 1.49. The van der Waals surface area contributed by atoms with Crippen LogP contribution in [0.2, 0.25) is 0 Å². The summed E-state index contributed by atoms with van der Waals surface area (Å²) in [6, 6.07) is 13.6. The molecule has 9 heteroatoms. The first-order valence-corrected chi connectivity index (χ1v) is 10.1. The van der Waals surface area contributed by atoms with Crippen molar-refractivity contribution < 1.29 is 22.4 Å². The molecule has 0 bridgehead atoms. The first kappa shape index (κ1) is 21.8. The molecule has 0 radical (unpaired) electrons. The molecule has 0 aliphatic heterocycles. The fourth-order valence-electron chi connectivity index (χ4n) is 2.58. The Kier molecular flexibility index (Phi) is 7.04. The Labute approximate surface area is 176 Å². The van der Waals surface area contributed by atoms with Crippen LogP contribution in [0.3, 0.4) is 0 Å². The second-order valence-electron chi connectivity index (χ2n) is 6.54. The molecule has 1 aromatic heterocycles. The van der Waals surface area contributed by atoms with Crippen molar-refractivity contribution in [2.45, 2.75) is 24.4 Å². The van der Waals surface area contributed by atoms with Crippen LogP contribution in [-0.4, -0.2) is 29.5 Å². The van der Waals surface area contributed by atoms with Crippen LogP contribution in [0.4, 0.5) is 23.7 Å². The summed E-state index contributed by atoms with van der Waals surface area (Å²) in [6.07, 6.45) is -2.29. The highest BCUT2D eigenvalue weighted by molar-refractivity contribution is 7.99. The predicted octanol–water partition coefficient (Wildman–Crippen LogP) is 5.67. The number of halogens is 3. The molecule has 1 heterocycles. The van der Waals surface area contributed by atoms with Crippen LogP contribution in [0.15, 0.2) is 64.1 Å². The molecule has 3 rings (SSSR count). The van der Waals surface area contributed by atoms with Gasteiger partial charge < -0.3 is 15.1 Å². The minimum Gasteiger partial charge on any atom is -0.444 e. The van der Waals surface area contributed by atoms with Crippen LogP contribution in [0.25, 0.3) is 11.5 Å². The van der Waals surface area contributed by atoms with E-state index in [-0.39, 0.29) is 0 Å². The molecule has 0 aliphatic rings. The lowest BCUT2D eigenvalue weighted by atomic mass is 10.1. The molecule has 2 amide bonds. The zero-order valence-electron chi connectivity index (χ0n) is 16.1. The Hall–Kier alpha value is -2.94. The van der Waals surface area contributed by atoms with Gasteiger partial charge in [0.1, 0.15) is 6.26 Å². The maximum atomic E-state index is 12.5. The molecular formula is C21H20F3N3O2S. The van der Waals surface area contributed by atoms with Gasteiger partial charge in [0, 0.05) is 23.4 Å². The number of nitrogens with zero attached hydrogens (tertiary/aromatic N) is 1. The lowest BCUT2D eigenvalue weighted by Gasteiger charge is -2.12. The molecule has 5 nitrogen and oxygen atoms in total. The van der Waals surface area contributed by atoms with E-state index in [1.165, 1.54) is 12.3 Å². The van der Waals surface area contributed by atoms with E-state index in [0.717, 1.165) is 11.1 Å². The van der Waals surface area contributed by atoms with Gasteiger partial charge in [0.2, 0.25) is 5.89 Å². The highest BCUT2D eigenvalue weighted by Crippen LogP contribution is 2.32. The predicted molar refractivity (Wildman–Crippen MR) is 111 cm³/mol. The first-order chi connectivity index (χ1) is 14.3. The molecule has 2 N–H and O–H groups in total. The summed E-state index contributed by atoms with van der Waals surface area (Å²) in [5.41, 5.74) is 3.02. The topological polar surface area (TPSA) is 67.2 Å². The van der Waals surface area contributed by atoms with Gasteiger partial charge in [-0.1, -0.05) is 29.8 Å². The van der Waals surface area contributed by atoms with Crippen LogP contribution in [0.1, 0.15) is 11.3 Å². The zero-order chi connectivity index (χ0) is 21.6. The smallest absolute Gasteiger partial charge is 0.398 e. The van der Waals surface area contributed by atoms with Crippen molar-refractivity contribution in [1.29, 1.82) is 0 Å². The number of anilines is 1. The summed E-state index contributed by atoms with van der Waals surface area (Å²) in [6.45, 7) is 2.29. The van der Waals surface area contributed by atoms with E-state index in [2.05, 4.69) is 15.6 Å². The van der Waals surface area contributed by atoms with Crippen LogP contribution < -0.4 is 10.6 Å². The number of benzene rings is 2. The van der Waals surface area contributed by atoms with Crippen molar-refractivity contribution in [2.75, 3.05) is 17.6 Å². The van der Waals surface area contributed by atoms with Crippen molar-refractivity contribution in [1.82, 2.24) is 10.3 Å². The van der Waals surface area contributed by atoms with Gasteiger partial charge in [0.15, 0.2) is 0 Å². The Morgan fingerprint density at radius 1 is 1.13 bits per heavy atom. The fourth-order valence-corrected chi connectivity index (χ4v) is 3.35. The van der Waals surface area contributed by atoms with Crippen LogP contribution >= 0.6 is 11.8 Å². The maximum absolute atomic E-state index is 12.5. The maximum Gasteiger partial charge on any atom is 0.398 e. The number of oxazole rings is 1. The van der Waals surface area contributed by atoms with Crippen molar-refractivity contribution in [2.24, 2.45) is 0 Å². The minimum atomic E-state index is -4.28. The van der Waals surface area contributed by atoms with E-state index in [4.69, 9.17) is 4.42 Å². The number of nitrogens with one attached hydrogen (secondary N) is 2. The standard InChI is InChI=1S/C21H20F3N3O2S/c1-14-6-8-15(9-7-14)19-26-16(12-29-19)10-11-25-20(28)27-17-4-2-3-5-18(17)30-13-21(22,23)24/h2-9,12H,10-11,13H2,1H3,(H2,25,27,28). The molecule has 0 saturated carbocycles. The third-order valence-electron chi connectivity index (χ3n) is 4.04. The molecule has 0 spiro atoms. The lowest BCUT2D eigenvalue weighted by molar-refractivity contribution is -0.105. The highest BCUT2D eigenvalue weighted by atomic mass is 32.2. The number of urea groups is 1. The number of hydrogen-bond donors (Lipinski definition) is 2. The lowest BCUT2D eigenvalue weighted by Crippen LogP contribution is -2.30. The average molecular weight is 435 g/mol. The number of aromatic nitrogens is 1. The zero-order valence-corrected chi connectivity index (χ0v) is 16.9. The molecular weight excluding hydrogens is 415 g/mol. The number of amides is 2. The number of aryl methyl sites for hydroxylation is 1. The first-order valence-electron chi connectivity index (χ1n) is 9.15. The normalized spacial score (nSPS) is 11.3. The van der Waals surface area contributed by atoms with E-state index in [0.29, 0.717) is 46.9 Å². The number of alkyl halides is 3. The van der Waals surface area contributed by atoms with Crippen molar-refractivity contribution >= 4 is 23.5 Å².